The summed E-state index contributed by atoms with van der Waals surface area (Å²) in [6, 6.07) is 25.5. The molecule has 1 saturated heterocycles. The molecule has 0 aliphatic carbocycles. The first kappa shape index (κ1) is 19.8. The molecule has 0 bridgehead atoms. The van der Waals surface area contributed by atoms with Gasteiger partial charge < -0.3 is 5.32 Å². The van der Waals surface area contributed by atoms with E-state index >= 15 is 0 Å². The lowest BCUT2D eigenvalue weighted by Gasteiger charge is -2.34. The van der Waals surface area contributed by atoms with Gasteiger partial charge in [-0.1, -0.05) is 60.7 Å². The van der Waals surface area contributed by atoms with Gasteiger partial charge in [0.1, 0.15) is 0 Å². The van der Waals surface area contributed by atoms with E-state index in [9.17, 15) is 8.42 Å². The van der Waals surface area contributed by atoms with Crippen LogP contribution in [0.15, 0.2) is 83.8 Å². The molecule has 1 aliphatic rings. The molecule has 0 saturated carbocycles. The average Bonchev–Trinajstić information content (AvgIpc) is 2.74. The average molecular weight is 409 g/mol. The number of hydrogen-bond donors (Lipinski definition) is 2. The Hall–Kier alpha value is -2.51. The molecule has 3 aromatic rings. The zero-order valence-corrected chi connectivity index (χ0v) is 16.8. The molecule has 0 amide bonds. The minimum absolute atomic E-state index is 0.0924. The van der Waals surface area contributed by atoms with Crippen molar-refractivity contribution in [3.63, 3.8) is 0 Å². The van der Waals surface area contributed by atoms with Gasteiger partial charge in [0.15, 0.2) is 0 Å². The maximum Gasteiger partial charge on any atom is 0.294 e. The molecule has 0 aromatic heterocycles. The van der Waals surface area contributed by atoms with Gasteiger partial charge in [0.25, 0.3) is 10.1 Å². The third-order valence-corrected chi connectivity index (χ3v) is 6.15. The van der Waals surface area contributed by atoms with E-state index in [1.54, 1.807) is 12.1 Å². The van der Waals surface area contributed by atoms with Crippen molar-refractivity contribution in [2.24, 2.45) is 0 Å². The lowest BCUT2D eigenvalue weighted by molar-refractivity contribution is 0.193. The molecule has 150 valence electrons. The van der Waals surface area contributed by atoms with E-state index in [0.29, 0.717) is 6.04 Å². The molecule has 1 unspecified atom stereocenters. The molecule has 3 aromatic carbocycles. The van der Waals surface area contributed by atoms with Crippen molar-refractivity contribution in [2.45, 2.75) is 17.5 Å². The fourth-order valence-corrected chi connectivity index (χ4v) is 4.27. The van der Waals surface area contributed by atoms with Gasteiger partial charge in [-0.2, -0.15) is 8.42 Å². The van der Waals surface area contributed by atoms with Crippen molar-refractivity contribution in [3.8, 4) is 11.1 Å². The van der Waals surface area contributed by atoms with E-state index < -0.39 is 10.1 Å². The number of piperazine rings is 1. The summed E-state index contributed by atoms with van der Waals surface area (Å²) in [5, 5.41) is 3.59. The second-order valence-corrected chi connectivity index (χ2v) is 8.77. The van der Waals surface area contributed by atoms with Gasteiger partial charge in [-0.3, -0.25) is 9.45 Å². The molecular formula is C23H24N2O3S. The van der Waals surface area contributed by atoms with Gasteiger partial charge in [0.05, 0.1) is 4.90 Å². The maximum atomic E-state index is 11.2. The van der Waals surface area contributed by atoms with Crippen molar-refractivity contribution in [1.82, 2.24) is 10.2 Å². The summed E-state index contributed by atoms with van der Waals surface area (Å²) < 4.78 is 31.6. The molecule has 0 radical (unpaired) electrons. The summed E-state index contributed by atoms with van der Waals surface area (Å²) in [5.74, 6) is 0. The van der Waals surface area contributed by atoms with E-state index in [1.807, 2.05) is 18.2 Å². The zero-order chi connectivity index (χ0) is 20.3. The highest BCUT2D eigenvalue weighted by molar-refractivity contribution is 7.85. The number of nitrogens with zero attached hydrogens (tertiary/aromatic N) is 1. The lowest BCUT2D eigenvalue weighted by atomic mass is 10.0. The minimum atomic E-state index is -4.17. The van der Waals surface area contributed by atoms with Gasteiger partial charge in [-0.25, -0.2) is 0 Å². The fraction of sp³-hybridized carbons (Fsp3) is 0.217. The predicted octanol–water partition coefficient (Wildman–Crippen LogP) is 3.75. The van der Waals surface area contributed by atoms with Crippen molar-refractivity contribution in [1.29, 1.82) is 0 Å². The first-order chi connectivity index (χ1) is 14.0. The largest absolute Gasteiger partial charge is 0.308 e. The van der Waals surface area contributed by atoms with Crippen LogP contribution in [0.3, 0.4) is 0 Å². The van der Waals surface area contributed by atoms with Crippen LogP contribution in [0.4, 0.5) is 0 Å². The summed E-state index contributed by atoms with van der Waals surface area (Å²) in [7, 11) is -4.17. The van der Waals surface area contributed by atoms with Gasteiger partial charge in [-0.05, 0) is 40.5 Å². The van der Waals surface area contributed by atoms with Crippen LogP contribution in [0.1, 0.15) is 17.2 Å². The Kier molecular flexibility index (Phi) is 5.78. The summed E-state index contributed by atoms with van der Waals surface area (Å²) in [4.78, 5) is 2.36. The summed E-state index contributed by atoms with van der Waals surface area (Å²) in [6.07, 6.45) is 0. The van der Waals surface area contributed by atoms with Gasteiger partial charge >= 0.3 is 0 Å². The molecule has 1 aliphatic heterocycles. The molecule has 6 heteroatoms. The fourth-order valence-electron chi connectivity index (χ4n) is 3.79. The molecule has 1 heterocycles. The van der Waals surface area contributed by atoms with Crippen LogP contribution in [-0.4, -0.2) is 37.5 Å². The third-order valence-electron chi connectivity index (χ3n) is 5.28. The Morgan fingerprint density at radius 3 is 2.41 bits per heavy atom. The topological polar surface area (TPSA) is 69.6 Å². The smallest absolute Gasteiger partial charge is 0.294 e. The number of hydrogen-bond acceptors (Lipinski definition) is 4. The van der Waals surface area contributed by atoms with E-state index in [4.69, 9.17) is 4.55 Å². The first-order valence-corrected chi connectivity index (χ1v) is 11.1. The minimum Gasteiger partial charge on any atom is -0.308 e. The van der Waals surface area contributed by atoms with Crippen molar-refractivity contribution in [2.75, 3.05) is 19.6 Å². The second-order valence-electron chi connectivity index (χ2n) is 7.35. The molecule has 2 N–H and O–H groups in total. The Balaban J connectivity index is 1.47. The van der Waals surface area contributed by atoms with Crippen LogP contribution in [0, 0.1) is 0 Å². The Labute approximate surface area is 171 Å². The number of rotatable bonds is 5. The zero-order valence-electron chi connectivity index (χ0n) is 16.0. The van der Waals surface area contributed by atoms with Gasteiger partial charge in [0, 0.05) is 32.2 Å². The summed E-state index contributed by atoms with van der Waals surface area (Å²) in [6.45, 7) is 3.77. The molecule has 0 spiro atoms. The van der Waals surface area contributed by atoms with Crippen molar-refractivity contribution >= 4 is 10.1 Å². The molecular weight excluding hydrogens is 384 g/mol. The Bertz CT molecular complexity index is 1070. The highest BCUT2D eigenvalue weighted by Gasteiger charge is 2.20. The maximum absolute atomic E-state index is 11.2. The summed E-state index contributed by atoms with van der Waals surface area (Å²) in [5.41, 5.74) is 4.47. The van der Waals surface area contributed by atoms with E-state index in [0.717, 1.165) is 37.3 Å². The number of nitrogens with one attached hydrogen (secondary N) is 1. The van der Waals surface area contributed by atoms with Crippen LogP contribution < -0.4 is 5.32 Å². The molecule has 5 nitrogen and oxygen atoms in total. The quantitative estimate of drug-likeness (QED) is 0.630. The SMILES string of the molecule is O=S(=O)(O)c1ccc(-c2cccc(CN3CCNC(c4ccccc4)C3)c2)cc1. The van der Waals surface area contributed by atoms with Crippen LogP contribution in [0.5, 0.6) is 0 Å². The van der Waals surface area contributed by atoms with Gasteiger partial charge in [-0.15, -0.1) is 0 Å². The second kappa shape index (κ2) is 8.47. The van der Waals surface area contributed by atoms with Crippen molar-refractivity contribution < 1.29 is 13.0 Å². The summed E-state index contributed by atoms with van der Waals surface area (Å²) >= 11 is 0. The van der Waals surface area contributed by atoms with E-state index in [1.165, 1.54) is 23.3 Å². The van der Waals surface area contributed by atoms with E-state index in [-0.39, 0.29) is 4.90 Å². The Morgan fingerprint density at radius 1 is 0.931 bits per heavy atom. The highest BCUT2D eigenvalue weighted by Crippen LogP contribution is 2.24. The van der Waals surface area contributed by atoms with Gasteiger partial charge in [0.2, 0.25) is 0 Å². The first-order valence-electron chi connectivity index (χ1n) is 9.66. The molecule has 1 atom stereocenters. The predicted molar refractivity (Wildman–Crippen MR) is 114 cm³/mol. The van der Waals surface area contributed by atoms with Crippen LogP contribution in [-0.2, 0) is 16.7 Å². The number of benzene rings is 3. The third kappa shape index (κ3) is 4.92. The normalized spacial score (nSPS) is 17.9. The van der Waals surface area contributed by atoms with Crippen molar-refractivity contribution in [3.05, 3.63) is 90.0 Å². The molecule has 4 rings (SSSR count). The van der Waals surface area contributed by atoms with E-state index in [2.05, 4.69) is 46.6 Å². The molecule has 29 heavy (non-hydrogen) atoms. The standard InChI is InChI=1S/C23H24N2O3S/c26-29(27,28)22-11-9-19(10-12-22)21-8-4-5-18(15-21)16-25-14-13-24-23(17-25)20-6-2-1-3-7-20/h1-12,15,23-24H,13-14,16-17H2,(H,26,27,28). The Morgan fingerprint density at radius 2 is 1.69 bits per heavy atom. The molecule has 1 fully saturated rings. The van der Waals surface area contributed by atoms with Crippen LogP contribution in [0.25, 0.3) is 11.1 Å². The van der Waals surface area contributed by atoms with Crippen LogP contribution >= 0.6 is 0 Å². The lowest BCUT2D eigenvalue weighted by Crippen LogP contribution is -2.45. The monoisotopic (exact) mass is 408 g/mol. The highest BCUT2D eigenvalue weighted by atomic mass is 32.2. The van der Waals surface area contributed by atoms with Crippen LogP contribution in [0.2, 0.25) is 0 Å².